The molecule has 0 saturated carbocycles. The third kappa shape index (κ3) is 10.6. The van der Waals surface area contributed by atoms with Gasteiger partial charge in [0.25, 0.3) is 0 Å². The van der Waals surface area contributed by atoms with Crippen molar-refractivity contribution in [3.05, 3.63) is 0 Å². The van der Waals surface area contributed by atoms with Crippen LogP contribution in [0.25, 0.3) is 0 Å². The summed E-state index contributed by atoms with van der Waals surface area (Å²) in [7, 11) is 0. The van der Waals surface area contributed by atoms with Crippen LogP contribution in [-0.4, -0.2) is 17.4 Å². The van der Waals surface area contributed by atoms with Crippen molar-refractivity contribution in [2.45, 2.75) is 45.4 Å². The van der Waals surface area contributed by atoms with Gasteiger partial charge in [0.1, 0.15) is 0 Å². The first-order valence-corrected chi connectivity index (χ1v) is 6.74. The smallest absolute Gasteiger partial charge is 0.0223 e. The number of halogens is 1. The minimum absolute atomic E-state index is 0.830. The fourth-order valence-electron chi connectivity index (χ4n) is 1.03. The molecule has 0 aliphatic carbocycles. The van der Waals surface area contributed by atoms with E-state index in [0.717, 1.165) is 5.88 Å². The van der Waals surface area contributed by atoms with Crippen molar-refractivity contribution < 1.29 is 0 Å². The molecule has 0 bridgehead atoms. The zero-order chi connectivity index (χ0) is 9.07. The first-order valence-electron chi connectivity index (χ1n) is 5.05. The van der Waals surface area contributed by atoms with Gasteiger partial charge in [-0.15, -0.1) is 11.6 Å². The van der Waals surface area contributed by atoms with E-state index in [0.29, 0.717) is 0 Å². The van der Waals surface area contributed by atoms with E-state index in [1.165, 1.54) is 50.0 Å². The third-order valence-corrected chi connectivity index (χ3v) is 3.24. The van der Waals surface area contributed by atoms with Gasteiger partial charge in [-0.2, -0.15) is 11.8 Å². The number of rotatable bonds is 9. The van der Waals surface area contributed by atoms with E-state index in [2.05, 4.69) is 18.7 Å². The van der Waals surface area contributed by atoms with Crippen molar-refractivity contribution in [2.24, 2.45) is 0 Å². The average molecular weight is 209 g/mol. The maximum absolute atomic E-state index is 5.57. The Bertz CT molecular complexity index is 66.2. The van der Waals surface area contributed by atoms with Gasteiger partial charge in [-0.05, 0) is 30.8 Å². The highest BCUT2D eigenvalue weighted by Gasteiger charge is 1.90. The van der Waals surface area contributed by atoms with E-state index in [1.807, 2.05) is 0 Å². The highest BCUT2D eigenvalue weighted by molar-refractivity contribution is 7.99. The minimum Gasteiger partial charge on any atom is -0.162 e. The molecule has 74 valence electrons. The van der Waals surface area contributed by atoms with Crippen LogP contribution in [0.5, 0.6) is 0 Å². The van der Waals surface area contributed by atoms with Crippen LogP contribution >= 0.6 is 23.4 Å². The highest BCUT2D eigenvalue weighted by atomic mass is 35.5. The molecular formula is C10H21ClS. The summed E-state index contributed by atoms with van der Waals surface area (Å²) in [4.78, 5) is 0. The van der Waals surface area contributed by atoms with Crippen LogP contribution in [0.4, 0.5) is 0 Å². The predicted molar refractivity (Wildman–Crippen MR) is 61.4 cm³/mol. The molecule has 0 heterocycles. The highest BCUT2D eigenvalue weighted by Crippen LogP contribution is 2.09. The van der Waals surface area contributed by atoms with Gasteiger partial charge >= 0.3 is 0 Å². The first kappa shape index (κ1) is 12.6. The lowest BCUT2D eigenvalue weighted by atomic mass is 10.2. The second kappa shape index (κ2) is 11.6. The Labute approximate surface area is 86.5 Å². The van der Waals surface area contributed by atoms with Crippen LogP contribution < -0.4 is 0 Å². The molecule has 0 aromatic heterocycles. The Morgan fingerprint density at radius 2 is 1.58 bits per heavy atom. The largest absolute Gasteiger partial charge is 0.162 e. The number of unbranched alkanes of at least 4 members (excludes halogenated alkanes) is 4. The summed E-state index contributed by atoms with van der Waals surface area (Å²) in [5.74, 6) is 3.48. The van der Waals surface area contributed by atoms with E-state index in [1.54, 1.807) is 0 Å². The summed E-state index contributed by atoms with van der Waals surface area (Å²) < 4.78 is 0. The van der Waals surface area contributed by atoms with E-state index in [4.69, 9.17) is 11.6 Å². The quantitative estimate of drug-likeness (QED) is 0.402. The summed E-state index contributed by atoms with van der Waals surface area (Å²) in [6.45, 7) is 2.26. The van der Waals surface area contributed by atoms with Crippen molar-refractivity contribution in [3.8, 4) is 0 Å². The molecule has 0 aromatic carbocycles. The van der Waals surface area contributed by atoms with Crippen molar-refractivity contribution in [2.75, 3.05) is 17.4 Å². The van der Waals surface area contributed by atoms with Crippen molar-refractivity contribution in [3.63, 3.8) is 0 Å². The molecule has 0 atom stereocenters. The van der Waals surface area contributed by atoms with Gasteiger partial charge in [-0.3, -0.25) is 0 Å². The van der Waals surface area contributed by atoms with E-state index in [-0.39, 0.29) is 0 Å². The molecule has 0 rings (SSSR count). The van der Waals surface area contributed by atoms with Gasteiger partial charge < -0.3 is 0 Å². The second-order valence-electron chi connectivity index (χ2n) is 3.07. The summed E-state index contributed by atoms with van der Waals surface area (Å²) in [6, 6.07) is 0. The van der Waals surface area contributed by atoms with Gasteiger partial charge in [-0.25, -0.2) is 0 Å². The number of hydrogen-bond acceptors (Lipinski definition) is 1. The summed E-state index contributed by atoms with van der Waals surface area (Å²) >= 11 is 7.66. The van der Waals surface area contributed by atoms with Crippen molar-refractivity contribution in [1.82, 2.24) is 0 Å². The second-order valence-corrected chi connectivity index (χ2v) is 4.67. The summed E-state index contributed by atoms with van der Waals surface area (Å²) in [5, 5.41) is 0. The Kier molecular flexibility index (Phi) is 12.3. The van der Waals surface area contributed by atoms with Gasteiger partial charge in [0.2, 0.25) is 0 Å². The zero-order valence-corrected chi connectivity index (χ0v) is 9.72. The van der Waals surface area contributed by atoms with Crippen LogP contribution in [0.3, 0.4) is 0 Å². The Morgan fingerprint density at radius 1 is 0.917 bits per heavy atom. The lowest BCUT2D eigenvalue weighted by Gasteiger charge is -1.99. The molecule has 0 radical (unpaired) electrons. The topological polar surface area (TPSA) is 0 Å². The molecule has 2 heteroatoms. The predicted octanol–water partition coefficient (Wildman–Crippen LogP) is 4.32. The van der Waals surface area contributed by atoms with Crippen molar-refractivity contribution in [1.29, 1.82) is 0 Å². The Morgan fingerprint density at radius 3 is 2.17 bits per heavy atom. The SMILES string of the molecule is CCCCCCSCCCCCl. The normalized spacial score (nSPS) is 10.5. The van der Waals surface area contributed by atoms with Gasteiger partial charge in [-0.1, -0.05) is 26.2 Å². The number of hydrogen-bond donors (Lipinski definition) is 0. The molecule has 0 nitrogen and oxygen atoms in total. The molecule has 0 fully saturated rings. The Hall–Kier alpha value is 0.640. The molecule has 12 heavy (non-hydrogen) atoms. The molecule has 0 N–H and O–H groups in total. The summed E-state index contributed by atoms with van der Waals surface area (Å²) in [6.07, 6.45) is 8.04. The molecule has 0 unspecified atom stereocenters. The van der Waals surface area contributed by atoms with Crippen LogP contribution in [0.1, 0.15) is 45.4 Å². The molecule has 0 aromatic rings. The van der Waals surface area contributed by atoms with Crippen LogP contribution in [-0.2, 0) is 0 Å². The van der Waals surface area contributed by atoms with Gasteiger partial charge in [0.05, 0.1) is 0 Å². The minimum atomic E-state index is 0.830. The molecule has 0 aliphatic rings. The zero-order valence-electron chi connectivity index (χ0n) is 8.15. The lowest BCUT2D eigenvalue weighted by molar-refractivity contribution is 0.706. The molecular weight excluding hydrogens is 188 g/mol. The fraction of sp³-hybridized carbons (Fsp3) is 1.00. The standard InChI is InChI=1S/C10H21ClS/c1-2-3-4-6-9-12-10-7-5-8-11/h2-10H2,1H3. The molecule has 0 aliphatic heterocycles. The molecule has 0 amide bonds. The maximum atomic E-state index is 5.57. The van der Waals surface area contributed by atoms with Gasteiger partial charge in [0.15, 0.2) is 0 Å². The van der Waals surface area contributed by atoms with E-state index >= 15 is 0 Å². The Balaban J connectivity index is 2.73. The lowest BCUT2D eigenvalue weighted by Crippen LogP contribution is -1.85. The monoisotopic (exact) mass is 208 g/mol. The maximum Gasteiger partial charge on any atom is 0.0223 e. The van der Waals surface area contributed by atoms with Crippen LogP contribution in [0.2, 0.25) is 0 Å². The van der Waals surface area contributed by atoms with Crippen LogP contribution in [0.15, 0.2) is 0 Å². The number of alkyl halides is 1. The molecule has 0 saturated heterocycles. The molecule has 0 spiro atoms. The van der Waals surface area contributed by atoms with Crippen molar-refractivity contribution >= 4 is 23.4 Å². The number of thioether (sulfide) groups is 1. The van der Waals surface area contributed by atoms with Gasteiger partial charge in [0, 0.05) is 5.88 Å². The third-order valence-electron chi connectivity index (χ3n) is 1.81. The average Bonchev–Trinajstić information content (AvgIpc) is 2.10. The van der Waals surface area contributed by atoms with Crippen LogP contribution in [0, 0.1) is 0 Å². The fourth-order valence-corrected chi connectivity index (χ4v) is 2.24. The summed E-state index contributed by atoms with van der Waals surface area (Å²) in [5.41, 5.74) is 0. The first-order chi connectivity index (χ1) is 5.91. The van der Waals surface area contributed by atoms with E-state index < -0.39 is 0 Å². The van der Waals surface area contributed by atoms with E-state index in [9.17, 15) is 0 Å².